The maximum absolute atomic E-state index is 6.23. The summed E-state index contributed by atoms with van der Waals surface area (Å²) in [6, 6.07) is 3.50. The largest absolute Gasteiger partial charge is 0.481 e. The van der Waals surface area contributed by atoms with Gasteiger partial charge in [0.05, 0.1) is 18.8 Å². The number of nitrogens with two attached hydrogens (primary N) is 1. The fourth-order valence-electron chi connectivity index (χ4n) is 1.61. The standard InChI is InChI=1S/C14H19N3OS/c1-14(2,3)10-8-19-13(17-10)12(15)9-5-6-11(18-4)16-7-9/h5-8,12H,15H2,1-4H3. The second kappa shape index (κ2) is 5.27. The van der Waals surface area contributed by atoms with Gasteiger partial charge in [0.25, 0.3) is 0 Å². The van der Waals surface area contributed by atoms with Crippen LogP contribution in [0.3, 0.4) is 0 Å². The lowest BCUT2D eigenvalue weighted by Crippen LogP contribution is -2.15. The lowest BCUT2D eigenvalue weighted by atomic mass is 9.93. The van der Waals surface area contributed by atoms with Crippen molar-refractivity contribution in [3.63, 3.8) is 0 Å². The van der Waals surface area contributed by atoms with Crippen LogP contribution in [0.4, 0.5) is 0 Å². The second-order valence-electron chi connectivity index (χ2n) is 5.43. The molecule has 1 atom stereocenters. The van der Waals surface area contributed by atoms with E-state index in [-0.39, 0.29) is 11.5 Å². The van der Waals surface area contributed by atoms with E-state index in [9.17, 15) is 0 Å². The molecule has 2 N–H and O–H groups in total. The number of ether oxygens (including phenoxy) is 1. The summed E-state index contributed by atoms with van der Waals surface area (Å²) in [5, 5.41) is 2.99. The lowest BCUT2D eigenvalue weighted by molar-refractivity contribution is 0.397. The van der Waals surface area contributed by atoms with Crippen molar-refractivity contribution in [2.24, 2.45) is 5.73 Å². The third-order valence-electron chi connectivity index (χ3n) is 2.88. The van der Waals surface area contributed by atoms with Crippen molar-refractivity contribution in [2.75, 3.05) is 7.11 Å². The molecule has 0 fully saturated rings. The molecule has 0 aliphatic carbocycles. The molecule has 0 radical (unpaired) electrons. The van der Waals surface area contributed by atoms with E-state index in [1.54, 1.807) is 24.6 Å². The quantitative estimate of drug-likeness (QED) is 0.937. The Morgan fingerprint density at radius 3 is 2.53 bits per heavy atom. The third-order valence-corrected chi connectivity index (χ3v) is 3.81. The van der Waals surface area contributed by atoms with Crippen LogP contribution in [-0.2, 0) is 5.41 Å². The number of thiazole rings is 1. The zero-order chi connectivity index (χ0) is 14.0. The molecule has 2 aromatic rings. The molecule has 2 aromatic heterocycles. The molecule has 2 heterocycles. The minimum absolute atomic E-state index is 0.0482. The van der Waals surface area contributed by atoms with Gasteiger partial charge in [-0.3, -0.25) is 0 Å². The van der Waals surface area contributed by atoms with Crippen molar-refractivity contribution in [2.45, 2.75) is 32.2 Å². The first kappa shape index (κ1) is 14.0. The summed E-state index contributed by atoms with van der Waals surface area (Å²) in [5.41, 5.74) is 8.29. The predicted molar refractivity (Wildman–Crippen MR) is 77.6 cm³/mol. The normalized spacial score (nSPS) is 13.3. The van der Waals surface area contributed by atoms with Crippen LogP contribution in [0.2, 0.25) is 0 Å². The number of hydrogen-bond acceptors (Lipinski definition) is 5. The number of methoxy groups -OCH3 is 1. The van der Waals surface area contributed by atoms with E-state index in [4.69, 9.17) is 10.5 Å². The van der Waals surface area contributed by atoms with Crippen LogP contribution in [0.25, 0.3) is 0 Å². The van der Waals surface area contributed by atoms with Crippen LogP contribution in [0.5, 0.6) is 5.88 Å². The van der Waals surface area contributed by atoms with Crippen molar-refractivity contribution < 1.29 is 4.74 Å². The third kappa shape index (κ3) is 3.11. The second-order valence-corrected chi connectivity index (χ2v) is 6.32. The zero-order valence-corrected chi connectivity index (χ0v) is 12.5. The van der Waals surface area contributed by atoms with Crippen molar-refractivity contribution >= 4 is 11.3 Å². The average Bonchev–Trinajstić information content (AvgIpc) is 2.87. The highest BCUT2D eigenvalue weighted by atomic mass is 32.1. The number of aromatic nitrogens is 2. The Labute approximate surface area is 117 Å². The summed E-state index contributed by atoms with van der Waals surface area (Å²) in [7, 11) is 1.60. The zero-order valence-electron chi connectivity index (χ0n) is 11.7. The van der Waals surface area contributed by atoms with Crippen molar-refractivity contribution in [3.05, 3.63) is 40.0 Å². The topological polar surface area (TPSA) is 61.0 Å². The predicted octanol–water partition coefficient (Wildman–Crippen LogP) is 2.89. The highest BCUT2D eigenvalue weighted by Gasteiger charge is 2.20. The molecule has 0 spiro atoms. The number of hydrogen-bond donors (Lipinski definition) is 1. The monoisotopic (exact) mass is 277 g/mol. The van der Waals surface area contributed by atoms with Gasteiger partial charge < -0.3 is 10.5 Å². The van der Waals surface area contributed by atoms with Gasteiger partial charge in [0, 0.05) is 23.1 Å². The molecule has 2 rings (SSSR count). The Hall–Kier alpha value is -1.46. The highest BCUT2D eigenvalue weighted by molar-refractivity contribution is 7.09. The molecule has 5 heteroatoms. The average molecular weight is 277 g/mol. The number of rotatable bonds is 3. The van der Waals surface area contributed by atoms with Gasteiger partial charge in [-0.15, -0.1) is 11.3 Å². The Morgan fingerprint density at radius 2 is 2.05 bits per heavy atom. The molecule has 0 amide bonds. The molecule has 0 aliphatic heterocycles. The van der Waals surface area contributed by atoms with Crippen LogP contribution >= 0.6 is 11.3 Å². The van der Waals surface area contributed by atoms with E-state index in [0.29, 0.717) is 5.88 Å². The minimum Gasteiger partial charge on any atom is -0.481 e. The van der Waals surface area contributed by atoms with E-state index in [0.717, 1.165) is 16.3 Å². The number of pyridine rings is 1. The van der Waals surface area contributed by atoms with Crippen molar-refractivity contribution in [3.8, 4) is 5.88 Å². The molecule has 0 aromatic carbocycles. The van der Waals surface area contributed by atoms with Crippen LogP contribution in [0, 0.1) is 0 Å². The van der Waals surface area contributed by atoms with Crippen molar-refractivity contribution in [1.82, 2.24) is 9.97 Å². The highest BCUT2D eigenvalue weighted by Crippen LogP contribution is 2.28. The van der Waals surface area contributed by atoms with Gasteiger partial charge in [-0.25, -0.2) is 9.97 Å². The lowest BCUT2D eigenvalue weighted by Gasteiger charge is -2.15. The van der Waals surface area contributed by atoms with E-state index in [1.807, 2.05) is 12.1 Å². The summed E-state index contributed by atoms with van der Waals surface area (Å²) in [5.74, 6) is 0.588. The first-order chi connectivity index (χ1) is 8.91. The summed E-state index contributed by atoms with van der Waals surface area (Å²) in [6.45, 7) is 6.44. The molecule has 19 heavy (non-hydrogen) atoms. The van der Waals surface area contributed by atoms with Crippen LogP contribution in [-0.4, -0.2) is 17.1 Å². The summed E-state index contributed by atoms with van der Waals surface area (Å²) in [6.07, 6.45) is 1.74. The van der Waals surface area contributed by atoms with E-state index in [2.05, 4.69) is 36.1 Å². The van der Waals surface area contributed by atoms with Gasteiger partial charge in [-0.1, -0.05) is 26.8 Å². The fourth-order valence-corrected chi connectivity index (χ4v) is 2.69. The van der Waals surface area contributed by atoms with Gasteiger partial charge >= 0.3 is 0 Å². The van der Waals surface area contributed by atoms with E-state index < -0.39 is 0 Å². The molecule has 0 bridgehead atoms. The molecule has 4 nitrogen and oxygen atoms in total. The molecule has 0 saturated heterocycles. The summed E-state index contributed by atoms with van der Waals surface area (Å²) in [4.78, 5) is 8.81. The van der Waals surface area contributed by atoms with Crippen LogP contribution < -0.4 is 10.5 Å². The van der Waals surface area contributed by atoms with Crippen molar-refractivity contribution in [1.29, 1.82) is 0 Å². The first-order valence-electron chi connectivity index (χ1n) is 6.13. The molecule has 0 aliphatic rings. The molecule has 0 saturated carbocycles. The summed E-state index contributed by atoms with van der Waals surface area (Å²) < 4.78 is 5.04. The van der Waals surface area contributed by atoms with Gasteiger partial charge in [0.1, 0.15) is 5.01 Å². The Morgan fingerprint density at radius 1 is 1.32 bits per heavy atom. The Bertz CT molecular complexity index is 543. The number of nitrogens with zero attached hydrogens (tertiary/aromatic N) is 2. The Kier molecular flexibility index (Phi) is 3.87. The van der Waals surface area contributed by atoms with E-state index in [1.165, 1.54) is 0 Å². The van der Waals surface area contributed by atoms with Gasteiger partial charge in [0.15, 0.2) is 0 Å². The van der Waals surface area contributed by atoms with Crippen LogP contribution in [0.15, 0.2) is 23.7 Å². The first-order valence-corrected chi connectivity index (χ1v) is 7.01. The molecular formula is C14H19N3OS. The Balaban J connectivity index is 2.23. The SMILES string of the molecule is COc1ccc(C(N)c2nc(C(C)(C)C)cs2)cn1. The van der Waals surface area contributed by atoms with Gasteiger partial charge in [0.2, 0.25) is 5.88 Å². The van der Waals surface area contributed by atoms with Crippen LogP contribution in [0.1, 0.15) is 43.1 Å². The summed E-state index contributed by atoms with van der Waals surface area (Å²) >= 11 is 1.59. The molecule has 1 unspecified atom stereocenters. The minimum atomic E-state index is -0.237. The van der Waals surface area contributed by atoms with Gasteiger partial charge in [-0.2, -0.15) is 0 Å². The molecule has 102 valence electrons. The maximum Gasteiger partial charge on any atom is 0.212 e. The maximum atomic E-state index is 6.23. The van der Waals surface area contributed by atoms with Gasteiger partial charge in [-0.05, 0) is 5.56 Å². The smallest absolute Gasteiger partial charge is 0.212 e. The fraction of sp³-hybridized carbons (Fsp3) is 0.429. The molecular weight excluding hydrogens is 258 g/mol. The van der Waals surface area contributed by atoms with E-state index >= 15 is 0 Å².